The summed E-state index contributed by atoms with van der Waals surface area (Å²) in [6.07, 6.45) is 15.3. The second kappa shape index (κ2) is 12.7. The highest BCUT2D eigenvalue weighted by molar-refractivity contribution is 5.90. The second-order valence-electron chi connectivity index (χ2n) is 5.67. The van der Waals surface area contributed by atoms with Gasteiger partial charge in [-0.05, 0) is 37.8 Å². The Bertz CT molecular complexity index is 610. The van der Waals surface area contributed by atoms with Gasteiger partial charge in [0.15, 0.2) is 0 Å². The van der Waals surface area contributed by atoms with Gasteiger partial charge in [-0.15, -0.1) is 24.7 Å². The van der Waals surface area contributed by atoms with Crippen molar-refractivity contribution in [3.8, 4) is 36.2 Å². The van der Waals surface area contributed by atoms with Gasteiger partial charge in [0.1, 0.15) is 11.5 Å². The van der Waals surface area contributed by atoms with Crippen molar-refractivity contribution >= 4 is 5.97 Å². The van der Waals surface area contributed by atoms with E-state index in [2.05, 4.69) is 11.8 Å². The highest BCUT2D eigenvalue weighted by Gasteiger charge is 2.17. The molecule has 1 aromatic carbocycles. The maximum atomic E-state index is 11.9. The predicted octanol–water partition coefficient (Wildman–Crippen LogP) is 3.30. The molecule has 0 aliphatic rings. The highest BCUT2D eigenvalue weighted by atomic mass is 16.5. The van der Waals surface area contributed by atoms with Crippen molar-refractivity contribution in [3.63, 3.8) is 0 Å². The molecule has 0 spiro atoms. The first kappa shape index (κ1) is 21.4. The van der Waals surface area contributed by atoms with E-state index in [1.165, 1.54) is 7.11 Å². The quantitative estimate of drug-likeness (QED) is 0.353. The largest absolute Gasteiger partial charge is 0.493 e. The number of hydrogen-bond acceptors (Lipinski definition) is 5. The Labute approximate surface area is 156 Å². The topological polar surface area (TPSA) is 70.8 Å². The third-order valence-corrected chi connectivity index (χ3v) is 3.74. The minimum Gasteiger partial charge on any atom is -0.493 e. The molecule has 0 radical (unpaired) electrons. The van der Waals surface area contributed by atoms with Gasteiger partial charge in [0.25, 0.3) is 0 Å². The molecule has 0 bridgehead atoms. The molecule has 0 saturated carbocycles. The SMILES string of the molecule is C#CCCCCOc1cc(C(=O)OC)cc(OCCCCC#C)c1CN. The van der Waals surface area contributed by atoms with Crippen LogP contribution in [-0.4, -0.2) is 26.3 Å². The normalized spacial score (nSPS) is 9.85. The number of hydrogen-bond donors (Lipinski definition) is 1. The van der Waals surface area contributed by atoms with Gasteiger partial charge in [0, 0.05) is 24.9 Å². The van der Waals surface area contributed by atoms with Crippen molar-refractivity contribution < 1.29 is 19.0 Å². The maximum absolute atomic E-state index is 11.9. The molecule has 140 valence electrons. The Kier molecular flexibility index (Phi) is 10.5. The summed E-state index contributed by atoms with van der Waals surface area (Å²) in [4.78, 5) is 11.9. The van der Waals surface area contributed by atoms with E-state index in [4.69, 9.17) is 32.8 Å². The van der Waals surface area contributed by atoms with E-state index in [1.807, 2.05) is 0 Å². The lowest BCUT2D eigenvalue weighted by molar-refractivity contribution is 0.0599. The van der Waals surface area contributed by atoms with Crippen LogP contribution >= 0.6 is 0 Å². The first-order chi connectivity index (χ1) is 12.7. The van der Waals surface area contributed by atoms with Crippen molar-refractivity contribution in [2.24, 2.45) is 5.73 Å². The summed E-state index contributed by atoms with van der Waals surface area (Å²) < 4.78 is 16.5. The van der Waals surface area contributed by atoms with E-state index >= 15 is 0 Å². The lowest BCUT2D eigenvalue weighted by atomic mass is 10.1. The van der Waals surface area contributed by atoms with E-state index in [0.29, 0.717) is 43.1 Å². The zero-order valence-corrected chi connectivity index (χ0v) is 15.4. The number of nitrogens with two attached hydrogens (primary N) is 1. The summed E-state index contributed by atoms with van der Waals surface area (Å²) in [5.74, 6) is 5.81. The van der Waals surface area contributed by atoms with Crippen molar-refractivity contribution in [1.82, 2.24) is 0 Å². The zero-order chi connectivity index (χ0) is 19.2. The molecule has 2 N–H and O–H groups in total. The summed E-state index contributed by atoms with van der Waals surface area (Å²) >= 11 is 0. The lowest BCUT2D eigenvalue weighted by Gasteiger charge is -2.17. The number of ether oxygens (including phenoxy) is 3. The van der Waals surface area contributed by atoms with Crippen LogP contribution in [0.4, 0.5) is 0 Å². The molecule has 5 heteroatoms. The van der Waals surface area contributed by atoms with E-state index in [0.717, 1.165) is 31.2 Å². The van der Waals surface area contributed by atoms with Crippen LogP contribution in [0.15, 0.2) is 12.1 Å². The Morgan fingerprint density at radius 3 is 1.88 bits per heavy atom. The fourth-order valence-corrected chi connectivity index (χ4v) is 2.34. The summed E-state index contributed by atoms with van der Waals surface area (Å²) in [5, 5.41) is 0. The van der Waals surface area contributed by atoms with Crippen LogP contribution in [0.2, 0.25) is 0 Å². The van der Waals surface area contributed by atoms with Crippen LogP contribution in [0.3, 0.4) is 0 Å². The molecule has 0 aliphatic heterocycles. The highest BCUT2D eigenvalue weighted by Crippen LogP contribution is 2.31. The number of benzene rings is 1. The molecule has 0 heterocycles. The molecule has 1 rings (SSSR count). The van der Waals surface area contributed by atoms with E-state index < -0.39 is 5.97 Å². The van der Waals surface area contributed by atoms with Crippen LogP contribution < -0.4 is 15.2 Å². The average molecular weight is 357 g/mol. The van der Waals surface area contributed by atoms with Gasteiger partial charge in [0.05, 0.1) is 25.9 Å². The molecule has 0 unspecified atom stereocenters. The van der Waals surface area contributed by atoms with Gasteiger partial charge in [-0.2, -0.15) is 0 Å². The molecule has 26 heavy (non-hydrogen) atoms. The van der Waals surface area contributed by atoms with Crippen LogP contribution in [0.1, 0.15) is 54.4 Å². The molecule has 0 amide bonds. The number of esters is 1. The van der Waals surface area contributed by atoms with Gasteiger partial charge in [-0.3, -0.25) is 0 Å². The number of carbonyl (C=O) groups excluding carboxylic acids is 1. The third-order valence-electron chi connectivity index (χ3n) is 3.74. The first-order valence-corrected chi connectivity index (χ1v) is 8.75. The fraction of sp³-hybridized carbons (Fsp3) is 0.476. The van der Waals surface area contributed by atoms with Crippen molar-refractivity contribution in [2.45, 2.75) is 45.1 Å². The van der Waals surface area contributed by atoms with Crippen molar-refractivity contribution in [2.75, 3.05) is 20.3 Å². The summed E-state index contributed by atoms with van der Waals surface area (Å²) in [6, 6.07) is 3.28. The Morgan fingerprint density at radius 1 is 1.00 bits per heavy atom. The summed E-state index contributed by atoms with van der Waals surface area (Å²) in [6.45, 7) is 1.21. The zero-order valence-electron chi connectivity index (χ0n) is 15.4. The smallest absolute Gasteiger partial charge is 0.338 e. The molecule has 0 aromatic heterocycles. The monoisotopic (exact) mass is 357 g/mol. The van der Waals surface area contributed by atoms with Crippen LogP contribution in [-0.2, 0) is 11.3 Å². The van der Waals surface area contributed by atoms with Gasteiger partial charge >= 0.3 is 5.97 Å². The van der Waals surface area contributed by atoms with Crippen molar-refractivity contribution in [1.29, 1.82) is 0 Å². The molecule has 0 atom stereocenters. The molecular weight excluding hydrogens is 330 g/mol. The molecule has 5 nitrogen and oxygen atoms in total. The third kappa shape index (κ3) is 7.09. The van der Waals surface area contributed by atoms with E-state index in [-0.39, 0.29) is 6.54 Å². The number of carbonyl (C=O) groups is 1. The molecule has 0 aliphatic carbocycles. The number of terminal acetylenes is 2. The van der Waals surface area contributed by atoms with Gasteiger partial charge in [-0.1, -0.05) is 0 Å². The molecular formula is C21H27NO4. The Morgan fingerprint density at radius 2 is 1.50 bits per heavy atom. The fourth-order valence-electron chi connectivity index (χ4n) is 2.34. The van der Waals surface area contributed by atoms with Gasteiger partial charge in [-0.25, -0.2) is 4.79 Å². The maximum Gasteiger partial charge on any atom is 0.338 e. The van der Waals surface area contributed by atoms with Crippen LogP contribution in [0.5, 0.6) is 11.5 Å². The van der Waals surface area contributed by atoms with Crippen LogP contribution in [0.25, 0.3) is 0 Å². The first-order valence-electron chi connectivity index (χ1n) is 8.75. The second-order valence-corrected chi connectivity index (χ2v) is 5.67. The predicted molar refractivity (Wildman–Crippen MR) is 102 cm³/mol. The Hall–Kier alpha value is -2.63. The van der Waals surface area contributed by atoms with E-state index in [1.54, 1.807) is 12.1 Å². The number of unbranched alkanes of at least 4 members (excludes halogenated alkanes) is 4. The van der Waals surface area contributed by atoms with Crippen molar-refractivity contribution in [3.05, 3.63) is 23.3 Å². The standard InChI is InChI=1S/C21H27NO4/c1-4-6-8-10-12-25-19-14-17(21(23)24-3)15-20(18(19)16-22)26-13-11-9-7-5-2/h1-2,14-15H,6-13,16,22H2,3H3. The Balaban J connectivity index is 2.90. The molecule has 1 aromatic rings. The van der Waals surface area contributed by atoms with Gasteiger partial charge < -0.3 is 19.9 Å². The summed E-state index contributed by atoms with van der Waals surface area (Å²) in [7, 11) is 1.33. The minimum absolute atomic E-state index is 0.237. The van der Waals surface area contributed by atoms with Crippen LogP contribution in [0, 0.1) is 24.7 Å². The molecule has 0 fully saturated rings. The summed E-state index contributed by atoms with van der Waals surface area (Å²) in [5.41, 5.74) is 6.98. The minimum atomic E-state index is -0.456. The number of rotatable bonds is 12. The molecule has 0 saturated heterocycles. The van der Waals surface area contributed by atoms with E-state index in [9.17, 15) is 4.79 Å². The average Bonchev–Trinajstić information content (AvgIpc) is 2.66. The lowest BCUT2D eigenvalue weighted by Crippen LogP contribution is -2.11. The van der Waals surface area contributed by atoms with Gasteiger partial charge in [0.2, 0.25) is 0 Å². The number of methoxy groups -OCH3 is 1.